The summed E-state index contributed by atoms with van der Waals surface area (Å²) in [4.78, 5) is 20.2. The highest BCUT2D eigenvalue weighted by Gasteiger charge is 2.22. The Labute approximate surface area is 157 Å². The van der Waals surface area contributed by atoms with Crippen LogP contribution in [0.2, 0.25) is 0 Å². The first-order valence-corrected chi connectivity index (χ1v) is 8.82. The van der Waals surface area contributed by atoms with Gasteiger partial charge in [-0.15, -0.1) is 0 Å². The first-order valence-electron chi connectivity index (χ1n) is 8.82. The summed E-state index contributed by atoms with van der Waals surface area (Å²) < 4.78 is 1.85. The minimum absolute atomic E-state index is 0.300. The molecule has 1 atom stereocenters. The molecule has 1 unspecified atom stereocenters. The van der Waals surface area contributed by atoms with Gasteiger partial charge in [0.05, 0.1) is 18.1 Å². The van der Waals surface area contributed by atoms with Gasteiger partial charge in [0.15, 0.2) is 5.82 Å². The number of hydrogen-bond acceptors (Lipinski definition) is 7. The third-order valence-electron chi connectivity index (χ3n) is 4.82. The normalized spacial score (nSPS) is 16.5. The summed E-state index contributed by atoms with van der Waals surface area (Å²) in [6.45, 7) is 4.13. The summed E-state index contributed by atoms with van der Waals surface area (Å²) in [5, 5.41) is 9.60. The fourth-order valence-corrected chi connectivity index (χ4v) is 3.36. The number of aromatic nitrogens is 5. The molecule has 136 valence electrons. The second-order valence-corrected chi connectivity index (χ2v) is 6.90. The van der Waals surface area contributed by atoms with E-state index in [9.17, 15) is 5.26 Å². The molecule has 1 saturated heterocycles. The second kappa shape index (κ2) is 6.68. The highest BCUT2D eigenvalue weighted by molar-refractivity contribution is 5.76. The van der Waals surface area contributed by atoms with Gasteiger partial charge in [-0.05, 0) is 18.4 Å². The molecule has 0 radical (unpaired) electrons. The van der Waals surface area contributed by atoms with Gasteiger partial charge in [-0.1, -0.05) is 6.92 Å². The van der Waals surface area contributed by atoms with Crippen molar-refractivity contribution in [2.24, 2.45) is 13.0 Å². The highest BCUT2D eigenvalue weighted by atomic mass is 15.2. The van der Waals surface area contributed by atoms with Gasteiger partial charge in [0, 0.05) is 32.5 Å². The molecule has 1 fully saturated rings. The maximum absolute atomic E-state index is 9.60. The molecule has 3 aromatic heterocycles. The van der Waals surface area contributed by atoms with Crippen LogP contribution in [0.25, 0.3) is 22.9 Å². The van der Waals surface area contributed by atoms with Gasteiger partial charge in [0.25, 0.3) is 0 Å². The Bertz CT molecular complexity index is 1030. The maximum atomic E-state index is 9.60. The highest BCUT2D eigenvalue weighted by Crippen LogP contribution is 2.30. The molecule has 3 aromatic rings. The van der Waals surface area contributed by atoms with E-state index in [4.69, 9.17) is 10.7 Å². The molecule has 0 bridgehead atoms. The summed E-state index contributed by atoms with van der Waals surface area (Å²) >= 11 is 0. The molecule has 0 amide bonds. The lowest BCUT2D eigenvalue weighted by Crippen LogP contribution is -2.20. The van der Waals surface area contributed by atoms with E-state index in [2.05, 4.69) is 32.8 Å². The number of hydrogen-bond donors (Lipinski definition) is 1. The first kappa shape index (κ1) is 17.0. The summed E-state index contributed by atoms with van der Waals surface area (Å²) in [5.74, 6) is 2.10. The minimum Gasteiger partial charge on any atom is -0.398 e. The van der Waals surface area contributed by atoms with E-state index >= 15 is 0 Å². The van der Waals surface area contributed by atoms with Crippen molar-refractivity contribution >= 4 is 11.5 Å². The standard InChI is InChI=1S/C19H20N8/c1-12-3-5-27(11-12)17-10-22-9-16(24-17)18-13(8-20)14(21)7-15(25-18)19-23-4-6-26(19)2/h4,6-7,9-10,12H,3,5,11H2,1-2H3,(H2,21,25). The van der Waals surface area contributed by atoms with Crippen LogP contribution < -0.4 is 10.6 Å². The van der Waals surface area contributed by atoms with Gasteiger partial charge in [-0.2, -0.15) is 5.26 Å². The van der Waals surface area contributed by atoms with Crippen LogP contribution >= 0.6 is 0 Å². The van der Waals surface area contributed by atoms with Crippen molar-refractivity contribution in [1.82, 2.24) is 24.5 Å². The number of rotatable bonds is 3. The monoisotopic (exact) mass is 360 g/mol. The van der Waals surface area contributed by atoms with Crippen molar-refractivity contribution in [3.8, 4) is 29.0 Å². The molecule has 0 saturated carbocycles. The second-order valence-electron chi connectivity index (χ2n) is 6.90. The Kier molecular flexibility index (Phi) is 4.20. The SMILES string of the molecule is CC1CCN(c2cncc(-c3nc(-c4nccn4C)cc(N)c3C#N)n2)C1. The molecule has 2 N–H and O–H groups in total. The number of imidazole rings is 1. The van der Waals surface area contributed by atoms with Gasteiger partial charge in [0.1, 0.15) is 34.5 Å². The van der Waals surface area contributed by atoms with Crippen molar-refractivity contribution < 1.29 is 0 Å². The Hall–Kier alpha value is -3.47. The first-order chi connectivity index (χ1) is 13.1. The molecular weight excluding hydrogens is 340 g/mol. The smallest absolute Gasteiger partial charge is 0.158 e. The van der Waals surface area contributed by atoms with Crippen LogP contribution in [0.4, 0.5) is 11.5 Å². The maximum Gasteiger partial charge on any atom is 0.158 e. The van der Waals surface area contributed by atoms with Gasteiger partial charge in [-0.3, -0.25) is 4.98 Å². The van der Waals surface area contributed by atoms with E-state index < -0.39 is 0 Å². The summed E-state index contributed by atoms with van der Waals surface area (Å²) in [6, 6.07) is 3.82. The van der Waals surface area contributed by atoms with Crippen molar-refractivity contribution in [3.63, 3.8) is 0 Å². The minimum atomic E-state index is 0.300. The summed E-state index contributed by atoms with van der Waals surface area (Å²) in [6.07, 6.45) is 8.03. The molecule has 1 aliphatic rings. The number of nitriles is 1. The number of nitrogens with two attached hydrogens (primary N) is 1. The molecule has 0 spiro atoms. The molecular formula is C19H20N8. The predicted octanol–water partition coefficient (Wildman–Crippen LogP) is 2.24. The lowest BCUT2D eigenvalue weighted by atomic mass is 10.1. The van der Waals surface area contributed by atoms with E-state index in [-0.39, 0.29) is 0 Å². The van der Waals surface area contributed by atoms with Crippen molar-refractivity contribution in [3.05, 3.63) is 36.4 Å². The average Bonchev–Trinajstić information content (AvgIpc) is 3.29. The molecule has 4 rings (SSSR count). The average molecular weight is 360 g/mol. The van der Waals surface area contributed by atoms with Crippen LogP contribution in [0.1, 0.15) is 18.9 Å². The molecule has 27 heavy (non-hydrogen) atoms. The number of pyridine rings is 1. The molecule has 1 aliphatic heterocycles. The van der Waals surface area contributed by atoms with E-state index in [1.807, 2.05) is 17.8 Å². The van der Waals surface area contributed by atoms with Gasteiger partial charge in [0.2, 0.25) is 0 Å². The van der Waals surface area contributed by atoms with E-state index in [1.165, 1.54) is 0 Å². The van der Waals surface area contributed by atoms with Crippen LogP contribution in [0, 0.1) is 17.2 Å². The van der Waals surface area contributed by atoms with E-state index in [1.54, 1.807) is 24.7 Å². The van der Waals surface area contributed by atoms with E-state index in [0.29, 0.717) is 40.1 Å². The molecule has 0 aromatic carbocycles. The number of anilines is 2. The molecule has 0 aliphatic carbocycles. The van der Waals surface area contributed by atoms with Crippen molar-refractivity contribution in [2.75, 3.05) is 23.7 Å². The molecule has 4 heterocycles. The lowest BCUT2D eigenvalue weighted by Gasteiger charge is -2.17. The van der Waals surface area contributed by atoms with Crippen LogP contribution in [0.5, 0.6) is 0 Å². The van der Waals surface area contributed by atoms with Crippen molar-refractivity contribution in [1.29, 1.82) is 5.26 Å². The Morgan fingerprint density at radius 1 is 1.26 bits per heavy atom. The van der Waals surface area contributed by atoms with Crippen LogP contribution in [0.3, 0.4) is 0 Å². The topological polar surface area (TPSA) is 110 Å². The third kappa shape index (κ3) is 3.08. The van der Waals surface area contributed by atoms with Crippen LogP contribution in [0.15, 0.2) is 30.9 Å². The molecule has 8 nitrogen and oxygen atoms in total. The predicted molar refractivity (Wildman–Crippen MR) is 103 cm³/mol. The number of aryl methyl sites for hydroxylation is 1. The zero-order valence-electron chi connectivity index (χ0n) is 15.3. The van der Waals surface area contributed by atoms with E-state index in [0.717, 1.165) is 25.3 Å². The lowest BCUT2D eigenvalue weighted by molar-refractivity contribution is 0.659. The largest absolute Gasteiger partial charge is 0.398 e. The molecule has 8 heteroatoms. The fourth-order valence-electron chi connectivity index (χ4n) is 3.36. The van der Waals surface area contributed by atoms with Crippen LogP contribution in [-0.2, 0) is 7.05 Å². The zero-order valence-corrected chi connectivity index (χ0v) is 15.3. The number of nitrogen functional groups attached to an aromatic ring is 1. The van der Waals surface area contributed by atoms with Crippen LogP contribution in [-0.4, -0.2) is 37.6 Å². The van der Waals surface area contributed by atoms with Gasteiger partial charge in [-0.25, -0.2) is 15.0 Å². The van der Waals surface area contributed by atoms with Gasteiger partial charge >= 0.3 is 0 Å². The summed E-state index contributed by atoms with van der Waals surface area (Å²) in [7, 11) is 1.88. The summed E-state index contributed by atoms with van der Waals surface area (Å²) in [5.41, 5.74) is 8.35. The van der Waals surface area contributed by atoms with Crippen molar-refractivity contribution in [2.45, 2.75) is 13.3 Å². The Morgan fingerprint density at radius 3 is 2.78 bits per heavy atom. The third-order valence-corrected chi connectivity index (χ3v) is 4.82. The number of nitrogens with zero attached hydrogens (tertiary/aromatic N) is 7. The van der Waals surface area contributed by atoms with Gasteiger partial charge < -0.3 is 15.2 Å². The Balaban J connectivity index is 1.82. The quantitative estimate of drug-likeness (QED) is 0.762. The zero-order chi connectivity index (χ0) is 19.0. The fraction of sp³-hybridized carbons (Fsp3) is 0.316. The Morgan fingerprint density at radius 2 is 2.11 bits per heavy atom.